The van der Waals surface area contributed by atoms with Gasteiger partial charge in [0.05, 0.1) is 6.54 Å². The van der Waals surface area contributed by atoms with Gasteiger partial charge in [0.2, 0.25) is 11.8 Å². The highest BCUT2D eigenvalue weighted by Crippen LogP contribution is 2.14. The first-order chi connectivity index (χ1) is 14.7. The summed E-state index contributed by atoms with van der Waals surface area (Å²) in [5, 5.41) is 8.91. The molecule has 0 radical (unpaired) electrons. The van der Waals surface area contributed by atoms with Gasteiger partial charge in [0.1, 0.15) is 0 Å². The van der Waals surface area contributed by atoms with E-state index in [0.717, 1.165) is 23.4 Å². The third kappa shape index (κ3) is 7.43. The fourth-order valence-electron chi connectivity index (χ4n) is 3.03. The summed E-state index contributed by atoms with van der Waals surface area (Å²) in [5.41, 5.74) is 3.92. The van der Waals surface area contributed by atoms with Crippen LogP contribution in [0.3, 0.4) is 0 Å². The number of hydrogen-bond acceptors (Lipinski definition) is 3. The third-order valence-corrected chi connectivity index (χ3v) is 4.68. The predicted molar refractivity (Wildman–Crippen MR) is 121 cm³/mol. The summed E-state index contributed by atoms with van der Waals surface area (Å²) in [7, 11) is 0. The van der Waals surface area contributed by atoms with Gasteiger partial charge in [-0.05, 0) is 48.2 Å². The molecule has 3 rings (SSSR count). The van der Waals surface area contributed by atoms with E-state index in [4.69, 9.17) is 0 Å². The van der Waals surface area contributed by atoms with Crippen molar-refractivity contribution in [3.05, 3.63) is 96.1 Å². The van der Waals surface area contributed by atoms with Gasteiger partial charge in [-0.2, -0.15) is 0 Å². The Bertz CT molecular complexity index is 926. The van der Waals surface area contributed by atoms with E-state index in [0.29, 0.717) is 19.4 Å². The smallest absolute Gasteiger partial charge is 0.239 e. The highest BCUT2D eigenvalue weighted by Gasteiger charge is 2.04. The molecule has 0 unspecified atom stereocenters. The number of carbonyl (C=O) groups excluding carboxylic acids is 2. The highest BCUT2D eigenvalue weighted by atomic mass is 16.2. The molecule has 3 N–H and O–H groups in total. The van der Waals surface area contributed by atoms with E-state index < -0.39 is 0 Å². The lowest BCUT2D eigenvalue weighted by atomic mass is 10.1. The SMILES string of the molecule is O=C(CNc1ccc(NC(=O)CCc2ccccc2)cc1)NCCc1ccccc1. The van der Waals surface area contributed by atoms with E-state index in [-0.39, 0.29) is 18.4 Å². The topological polar surface area (TPSA) is 70.2 Å². The average Bonchev–Trinajstić information content (AvgIpc) is 2.79. The van der Waals surface area contributed by atoms with Gasteiger partial charge in [-0.15, -0.1) is 0 Å². The molecule has 5 heteroatoms. The van der Waals surface area contributed by atoms with Gasteiger partial charge in [-0.3, -0.25) is 9.59 Å². The number of benzene rings is 3. The Morgan fingerprint density at radius 3 is 1.83 bits per heavy atom. The second kappa shape index (κ2) is 11.4. The maximum Gasteiger partial charge on any atom is 0.239 e. The number of carbonyl (C=O) groups is 2. The molecule has 0 aliphatic rings. The lowest BCUT2D eigenvalue weighted by Gasteiger charge is -2.09. The van der Waals surface area contributed by atoms with Crippen molar-refractivity contribution < 1.29 is 9.59 Å². The molecule has 3 aromatic carbocycles. The Morgan fingerprint density at radius 2 is 1.20 bits per heavy atom. The Morgan fingerprint density at radius 1 is 0.633 bits per heavy atom. The van der Waals surface area contributed by atoms with Crippen LogP contribution in [0, 0.1) is 0 Å². The van der Waals surface area contributed by atoms with Crippen molar-refractivity contribution in [2.45, 2.75) is 19.3 Å². The number of hydrogen-bond donors (Lipinski definition) is 3. The molecule has 154 valence electrons. The first kappa shape index (κ1) is 21.1. The predicted octanol–water partition coefficient (Wildman–Crippen LogP) is 4.03. The van der Waals surface area contributed by atoms with Crippen LogP contribution in [0.15, 0.2) is 84.9 Å². The average molecular weight is 402 g/mol. The van der Waals surface area contributed by atoms with E-state index in [1.807, 2.05) is 84.9 Å². The van der Waals surface area contributed by atoms with Crippen molar-refractivity contribution in [2.24, 2.45) is 0 Å². The summed E-state index contributed by atoms with van der Waals surface area (Å²) in [6.45, 7) is 0.816. The minimum absolute atomic E-state index is 0.0163. The van der Waals surface area contributed by atoms with E-state index >= 15 is 0 Å². The Hall–Kier alpha value is -3.60. The van der Waals surface area contributed by atoms with E-state index in [1.165, 1.54) is 5.56 Å². The van der Waals surface area contributed by atoms with Crippen LogP contribution in [-0.2, 0) is 22.4 Å². The van der Waals surface area contributed by atoms with Gasteiger partial charge in [-0.1, -0.05) is 60.7 Å². The fraction of sp³-hybridized carbons (Fsp3) is 0.200. The zero-order valence-corrected chi connectivity index (χ0v) is 16.9. The third-order valence-electron chi connectivity index (χ3n) is 4.68. The summed E-state index contributed by atoms with van der Waals surface area (Å²) in [6, 6.07) is 27.4. The zero-order chi connectivity index (χ0) is 21.0. The Kier molecular flexibility index (Phi) is 8.03. The molecule has 0 heterocycles. The van der Waals surface area contributed by atoms with Gasteiger partial charge in [0.15, 0.2) is 0 Å². The van der Waals surface area contributed by atoms with Crippen molar-refractivity contribution in [3.8, 4) is 0 Å². The molecule has 0 saturated carbocycles. The highest BCUT2D eigenvalue weighted by molar-refractivity contribution is 5.91. The van der Waals surface area contributed by atoms with Gasteiger partial charge in [0.25, 0.3) is 0 Å². The minimum Gasteiger partial charge on any atom is -0.376 e. The quantitative estimate of drug-likeness (QED) is 0.480. The van der Waals surface area contributed by atoms with Crippen LogP contribution in [-0.4, -0.2) is 24.9 Å². The molecule has 0 spiro atoms. The maximum atomic E-state index is 12.1. The minimum atomic E-state index is -0.0516. The summed E-state index contributed by atoms with van der Waals surface area (Å²) in [6.07, 6.45) is 1.96. The van der Waals surface area contributed by atoms with Crippen molar-refractivity contribution in [3.63, 3.8) is 0 Å². The van der Waals surface area contributed by atoms with Gasteiger partial charge in [0, 0.05) is 24.3 Å². The van der Waals surface area contributed by atoms with Crippen LogP contribution in [0.25, 0.3) is 0 Å². The van der Waals surface area contributed by atoms with Crippen molar-refractivity contribution >= 4 is 23.2 Å². The standard InChI is InChI=1S/C25H27N3O2/c29-24(16-11-20-7-3-1-4-8-20)28-23-14-12-22(13-15-23)27-19-25(30)26-18-17-21-9-5-2-6-10-21/h1-10,12-15,27H,11,16-19H2,(H,26,30)(H,28,29). The first-order valence-corrected chi connectivity index (χ1v) is 10.2. The largest absolute Gasteiger partial charge is 0.376 e. The second-order valence-corrected chi connectivity index (χ2v) is 7.05. The van der Waals surface area contributed by atoms with Crippen molar-refractivity contribution in [1.82, 2.24) is 5.32 Å². The Balaban J connectivity index is 1.34. The monoisotopic (exact) mass is 401 g/mol. The molecule has 0 atom stereocenters. The molecular formula is C25H27N3O2. The number of amides is 2. The molecule has 0 aliphatic carbocycles. The summed E-state index contributed by atoms with van der Waals surface area (Å²) < 4.78 is 0. The van der Waals surface area contributed by atoms with Crippen LogP contribution >= 0.6 is 0 Å². The van der Waals surface area contributed by atoms with Crippen LogP contribution in [0.4, 0.5) is 11.4 Å². The number of anilines is 2. The van der Waals surface area contributed by atoms with E-state index in [1.54, 1.807) is 0 Å². The van der Waals surface area contributed by atoms with Crippen LogP contribution in [0.5, 0.6) is 0 Å². The van der Waals surface area contributed by atoms with Gasteiger partial charge < -0.3 is 16.0 Å². The number of rotatable bonds is 10. The second-order valence-electron chi connectivity index (χ2n) is 7.05. The number of nitrogens with one attached hydrogen (secondary N) is 3. The molecule has 0 bridgehead atoms. The van der Waals surface area contributed by atoms with Gasteiger partial charge in [-0.25, -0.2) is 0 Å². The zero-order valence-electron chi connectivity index (χ0n) is 16.9. The van der Waals surface area contributed by atoms with Crippen LogP contribution in [0.1, 0.15) is 17.5 Å². The van der Waals surface area contributed by atoms with Crippen LogP contribution in [0.2, 0.25) is 0 Å². The molecule has 5 nitrogen and oxygen atoms in total. The molecular weight excluding hydrogens is 374 g/mol. The van der Waals surface area contributed by atoms with Crippen molar-refractivity contribution in [1.29, 1.82) is 0 Å². The lowest BCUT2D eigenvalue weighted by Crippen LogP contribution is -2.31. The summed E-state index contributed by atoms with van der Waals surface area (Å²) >= 11 is 0. The molecule has 0 aliphatic heterocycles. The molecule has 0 fully saturated rings. The van der Waals surface area contributed by atoms with Crippen LogP contribution < -0.4 is 16.0 Å². The van der Waals surface area contributed by atoms with Crippen molar-refractivity contribution in [2.75, 3.05) is 23.7 Å². The molecule has 0 aromatic heterocycles. The van der Waals surface area contributed by atoms with E-state index in [9.17, 15) is 9.59 Å². The fourth-order valence-corrected chi connectivity index (χ4v) is 3.03. The summed E-state index contributed by atoms with van der Waals surface area (Å²) in [5.74, 6) is -0.0680. The molecule has 0 saturated heterocycles. The lowest BCUT2D eigenvalue weighted by molar-refractivity contribution is -0.119. The molecule has 30 heavy (non-hydrogen) atoms. The Labute approximate surface area is 177 Å². The maximum absolute atomic E-state index is 12.1. The first-order valence-electron chi connectivity index (χ1n) is 10.2. The normalized spacial score (nSPS) is 10.3. The number of aryl methyl sites for hydroxylation is 1. The van der Waals surface area contributed by atoms with E-state index in [2.05, 4.69) is 16.0 Å². The summed E-state index contributed by atoms with van der Waals surface area (Å²) in [4.78, 5) is 24.1. The molecule has 3 aromatic rings. The van der Waals surface area contributed by atoms with Gasteiger partial charge >= 0.3 is 0 Å². The molecule has 2 amide bonds.